The molecule has 3 aromatic carbocycles. The fourth-order valence-corrected chi connectivity index (χ4v) is 3.43. The Balaban J connectivity index is 1.61. The summed E-state index contributed by atoms with van der Waals surface area (Å²) in [5, 5.41) is 12.8. The van der Waals surface area contributed by atoms with Crippen molar-refractivity contribution < 1.29 is 4.74 Å². The third kappa shape index (κ3) is 2.62. The molecule has 0 saturated carbocycles. The molecule has 0 amide bonds. The SMILES string of the molecule is Cc1c(C#N)c2ccccc2n1CCOc1cccc2ccccc12. The Morgan fingerprint density at radius 3 is 2.48 bits per heavy atom. The quantitative estimate of drug-likeness (QED) is 0.526. The lowest BCUT2D eigenvalue weighted by molar-refractivity contribution is 0.303. The highest BCUT2D eigenvalue weighted by atomic mass is 16.5. The van der Waals surface area contributed by atoms with Gasteiger partial charge in [-0.3, -0.25) is 0 Å². The number of ether oxygens (including phenoxy) is 1. The van der Waals surface area contributed by atoms with Gasteiger partial charge in [-0.25, -0.2) is 0 Å². The molecule has 25 heavy (non-hydrogen) atoms. The summed E-state index contributed by atoms with van der Waals surface area (Å²) >= 11 is 0. The molecule has 4 aromatic rings. The lowest BCUT2D eigenvalue weighted by Crippen LogP contribution is -2.09. The molecule has 1 aromatic heterocycles. The summed E-state index contributed by atoms with van der Waals surface area (Å²) in [6.45, 7) is 3.26. The zero-order valence-electron chi connectivity index (χ0n) is 14.1. The van der Waals surface area contributed by atoms with E-state index in [1.54, 1.807) is 0 Å². The van der Waals surface area contributed by atoms with Crippen molar-refractivity contribution in [1.82, 2.24) is 4.57 Å². The molecule has 0 radical (unpaired) electrons. The first-order valence-corrected chi connectivity index (χ1v) is 8.38. The van der Waals surface area contributed by atoms with Gasteiger partial charge >= 0.3 is 0 Å². The smallest absolute Gasteiger partial charge is 0.127 e. The van der Waals surface area contributed by atoms with Gasteiger partial charge < -0.3 is 9.30 Å². The topological polar surface area (TPSA) is 38.0 Å². The predicted octanol–water partition coefficient (Wildman–Crippen LogP) is 5.05. The van der Waals surface area contributed by atoms with E-state index in [9.17, 15) is 5.26 Å². The van der Waals surface area contributed by atoms with Gasteiger partial charge in [0.25, 0.3) is 0 Å². The molecule has 1 heterocycles. The Labute approximate surface area is 146 Å². The highest BCUT2D eigenvalue weighted by Gasteiger charge is 2.13. The Morgan fingerprint density at radius 2 is 1.64 bits per heavy atom. The average Bonchev–Trinajstić information content (AvgIpc) is 2.93. The van der Waals surface area contributed by atoms with Crippen molar-refractivity contribution in [1.29, 1.82) is 5.26 Å². The van der Waals surface area contributed by atoms with Crippen molar-refractivity contribution in [3.05, 3.63) is 78.0 Å². The maximum Gasteiger partial charge on any atom is 0.127 e. The van der Waals surface area contributed by atoms with Crippen molar-refractivity contribution in [2.75, 3.05) is 6.61 Å². The van der Waals surface area contributed by atoms with Crippen LogP contribution in [0.2, 0.25) is 0 Å². The van der Waals surface area contributed by atoms with Crippen molar-refractivity contribution in [2.24, 2.45) is 0 Å². The number of hydrogen-bond acceptors (Lipinski definition) is 2. The highest BCUT2D eigenvalue weighted by Crippen LogP contribution is 2.27. The standard InChI is InChI=1S/C22H18N2O/c1-16-20(15-23)19-10-4-5-11-21(19)24(16)13-14-25-22-12-6-8-17-7-2-3-9-18(17)22/h2-12H,13-14H2,1H3. The van der Waals surface area contributed by atoms with Crippen LogP contribution in [0.4, 0.5) is 0 Å². The van der Waals surface area contributed by atoms with Crippen LogP contribution in [-0.4, -0.2) is 11.2 Å². The molecular weight excluding hydrogens is 308 g/mol. The molecule has 0 bridgehead atoms. The van der Waals surface area contributed by atoms with Gasteiger partial charge in [0, 0.05) is 22.0 Å². The van der Waals surface area contributed by atoms with Crippen LogP contribution in [0.15, 0.2) is 66.7 Å². The van der Waals surface area contributed by atoms with Crippen LogP contribution < -0.4 is 4.74 Å². The number of aromatic nitrogens is 1. The second-order valence-corrected chi connectivity index (χ2v) is 6.07. The van der Waals surface area contributed by atoms with Crippen LogP contribution in [0.5, 0.6) is 5.75 Å². The summed E-state index contributed by atoms with van der Waals surface area (Å²) in [4.78, 5) is 0. The van der Waals surface area contributed by atoms with Gasteiger partial charge in [0.05, 0.1) is 12.1 Å². The van der Waals surface area contributed by atoms with Crippen LogP contribution in [0.25, 0.3) is 21.7 Å². The second-order valence-electron chi connectivity index (χ2n) is 6.07. The largest absolute Gasteiger partial charge is 0.491 e. The number of rotatable bonds is 4. The summed E-state index contributed by atoms with van der Waals surface area (Å²) in [6.07, 6.45) is 0. The second kappa shape index (κ2) is 6.33. The molecule has 0 fully saturated rings. The number of benzene rings is 3. The number of fused-ring (bicyclic) bond motifs is 2. The van der Waals surface area contributed by atoms with Crippen molar-refractivity contribution >= 4 is 21.7 Å². The molecule has 4 rings (SSSR count). The molecule has 0 unspecified atom stereocenters. The first-order chi connectivity index (χ1) is 12.3. The van der Waals surface area contributed by atoms with Gasteiger partial charge in [-0.1, -0.05) is 54.6 Å². The van der Waals surface area contributed by atoms with Gasteiger partial charge in [0.2, 0.25) is 0 Å². The van der Waals surface area contributed by atoms with Crippen LogP contribution in [0.1, 0.15) is 11.3 Å². The minimum absolute atomic E-state index is 0.554. The number of nitrogens with zero attached hydrogens (tertiary/aromatic N) is 2. The molecule has 3 nitrogen and oxygen atoms in total. The minimum Gasteiger partial charge on any atom is -0.491 e. The summed E-state index contributed by atoms with van der Waals surface area (Å²) in [6, 6.07) is 24.7. The Bertz CT molecular complexity index is 1100. The van der Waals surface area contributed by atoms with E-state index in [1.807, 2.05) is 49.4 Å². The molecule has 0 saturated heterocycles. The Morgan fingerprint density at radius 1 is 0.920 bits per heavy atom. The number of para-hydroxylation sites is 1. The molecule has 0 aliphatic rings. The predicted molar refractivity (Wildman–Crippen MR) is 101 cm³/mol. The normalized spacial score (nSPS) is 10.9. The maximum atomic E-state index is 9.46. The zero-order chi connectivity index (χ0) is 17.2. The van der Waals surface area contributed by atoms with Gasteiger partial charge in [0.15, 0.2) is 0 Å². The number of nitriles is 1. The molecule has 122 valence electrons. The van der Waals surface area contributed by atoms with Crippen LogP contribution in [0, 0.1) is 18.3 Å². The van der Waals surface area contributed by atoms with Gasteiger partial charge in [-0.05, 0) is 24.4 Å². The lowest BCUT2D eigenvalue weighted by Gasteiger charge is -2.12. The fourth-order valence-electron chi connectivity index (χ4n) is 3.43. The van der Waals surface area contributed by atoms with E-state index in [4.69, 9.17) is 4.74 Å². The van der Waals surface area contributed by atoms with Crippen molar-refractivity contribution in [2.45, 2.75) is 13.5 Å². The van der Waals surface area contributed by atoms with E-state index in [1.165, 1.54) is 5.39 Å². The fraction of sp³-hybridized carbons (Fsp3) is 0.136. The third-order valence-electron chi connectivity index (χ3n) is 4.66. The molecule has 0 spiro atoms. The molecule has 0 atom stereocenters. The number of hydrogen-bond donors (Lipinski definition) is 0. The van der Waals surface area contributed by atoms with E-state index < -0.39 is 0 Å². The molecule has 0 aliphatic carbocycles. The Kier molecular flexibility index (Phi) is 3.87. The first-order valence-electron chi connectivity index (χ1n) is 8.38. The van der Waals surface area contributed by atoms with Crippen LogP contribution in [-0.2, 0) is 6.54 Å². The minimum atomic E-state index is 0.554. The van der Waals surface area contributed by atoms with E-state index in [0.717, 1.165) is 33.3 Å². The summed E-state index contributed by atoms with van der Waals surface area (Å²) in [5.41, 5.74) is 2.82. The van der Waals surface area contributed by atoms with Crippen LogP contribution in [0.3, 0.4) is 0 Å². The maximum absolute atomic E-state index is 9.46. The zero-order valence-corrected chi connectivity index (χ0v) is 14.1. The molecule has 3 heteroatoms. The van der Waals surface area contributed by atoms with Gasteiger partial charge in [0.1, 0.15) is 18.4 Å². The van der Waals surface area contributed by atoms with E-state index in [-0.39, 0.29) is 0 Å². The Hall–Kier alpha value is -3.25. The highest BCUT2D eigenvalue weighted by molar-refractivity contribution is 5.89. The molecule has 0 aliphatic heterocycles. The van der Waals surface area contributed by atoms with Crippen molar-refractivity contribution in [3.63, 3.8) is 0 Å². The summed E-state index contributed by atoms with van der Waals surface area (Å²) in [5.74, 6) is 0.896. The summed E-state index contributed by atoms with van der Waals surface area (Å²) in [7, 11) is 0. The summed E-state index contributed by atoms with van der Waals surface area (Å²) < 4.78 is 8.23. The molecule has 0 N–H and O–H groups in total. The third-order valence-corrected chi connectivity index (χ3v) is 4.66. The van der Waals surface area contributed by atoms with Crippen molar-refractivity contribution in [3.8, 4) is 11.8 Å². The van der Waals surface area contributed by atoms with Crippen LogP contribution >= 0.6 is 0 Å². The first kappa shape index (κ1) is 15.3. The van der Waals surface area contributed by atoms with E-state index in [0.29, 0.717) is 13.2 Å². The van der Waals surface area contributed by atoms with E-state index in [2.05, 4.69) is 34.9 Å². The van der Waals surface area contributed by atoms with E-state index >= 15 is 0 Å². The molecular formula is C22H18N2O. The van der Waals surface area contributed by atoms with Gasteiger partial charge in [-0.2, -0.15) is 5.26 Å². The average molecular weight is 326 g/mol. The lowest BCUT2D eigenvalue weighted by atomic mass is 10.1. The van der Waals surface area contributed by atoms with Gasteiger partial charge in [-0.15, -0.1) is 0 Å². The monoisotopic (exact) mass is 326 g/mol.